The van der Waals surface area contributed by atoms with Gasteiger partial charge in [0.1, 0.15) is 31.0 Å². The summed E-state index contributed by atoms with van der Waals surface area (Å²) < 4.78 is 22.1. The van der Waals surface area contributed by atoms with E-state index in [0.29, 0.717) is 6.42 Å². The molecule has 0 aromatic rings. The predicted molar refractivity (Wildman–Crippen MR) is 228 cm³/mol. The normalized spacial score (nSPS) is 20.6. The van der Waals surface area contributed by atoms with Gasteiger partial charge in [0.2, 0.25) is 0 Å². The summed E-state index contributed by atoms with van der Waals surface area (Å²) in [6.45, 7) is 4.84. The third-order valence-electron chi connectivity index (χ3n) is 10.0. The van der Waals surface area contributed by atoms with Crippen molar-refractivity contribution in [1.82, 2.24) is 0 Å². The van der Waals surface area contributed by atoms with Gasteiger partial charge in [-0.1, -0.05) is 145 Å². The molecule has 0 radical (unpaired) electrons. The standard InChI is InChI=1S/C47H80O10/c1-3-5-7-9-11-13-15-17-19-20-22-24-26-28-30-32-34-36-43(50)56-40(39-55-47-46(53)45(52)44(51)41(37-48)57-47)38-54-42(49)35-33-31-29-27-25-23-21-18-16-14-12-10-8-6-4-2/h4,7,9,13,15,19-20,24,26,40-41,44-48,51-53H,2-3,5-6,8,10-12,14,16-18,21-23,25,27-39H2,1H3/b9-7+,15-13+,20-19+,26-24+/t40-,41-,44+,45?,46?,47-/m1/s1. The van der Waals surface area contributed by atoms with E-state index in [4.69, 9.17) is 18.9 Å². The summed E-state index contributed by atoms with van der Waals surface area (Å²) >= 11 is 0. The van der Waals surface area contributed by atoms with Gasteiger partial charge >= 0.3 is 11.9 Å². The van der Waals surface area contributed by atoms with Gasteiger partial charge in [-0.3, -0.25) is 9.59 Å². The van der Waals surface area contributed by atoms with Crippen molar-refractivity contribution in [2.75, 3.05) is 19.8 Å². The second-order valence-corrected chi connectivity index (χ2v) is 15.2. The minimum Gasteiger partial charge on any atom is -0.462 e. The second-order valence-electron chi connectivity index (χ2n) is 15.2. The van der Waals surface area contributed by atoms with Crippen molar-refractivity contribution in [3.05, 3.63) is 61.3 Å². The Balaban J connectivity index is 2.36. The van der Waals surface area contributed by atoms with Crippen LogP contribution >= 0.6 is 0 Å². The summed E-state index contributed by atoms with van der Waals surface area (Å²) in [5, 5.41) is 40.1. The van der Waals surface area contributed by atoms with Crippen LogP contribution in [0.5, 0.6) is 0 Å². The molecule has 10 nitrogen and oxygen atoms in total. The highest BCUT2D eigenvalue weighted by molar-refractivity contribution is 5.70. The number of carbonyl (C=O) groups excluding carboxylic acids is 2. The number of aliphatic hydroxyl groups is 4. The molecule has 0 bridgehead atoms. The fourth-order valence-electron chi connectivity index (χ4n) is 6.45. The zero-order valence-corrected chi connectivity index (χ0v) is 35.4. The maximum Gasteiger partial charge on any atom is 0.306 e. The van der Waals surface area contributed by atoms with Crippen molar-refractivity contribution in [2.24, 2.45) is 0 Å². The minimum absolute atomic E-state index is 0.190. The molecular weight excluding hydrogens is 725 g/mol. The smallest absolute Gasteiger partial charge is 0.306 e. The maximum atomic E-state index is 12.8. The quantitative estimate of drug-likeness (QED) is 0.0272. The lowest BCUT2D eigenvalue weighted by atomic mass is 9.99. The first kappa shape index (κ1) is 52.4. The molecule has 2 unspecified atom stereocenters. The SMILES string of the molecule is C=CCCCCCCCCCCCCCCCC(=O)OC[C@H](CO[C@@H]1O[C@H](CO)[C@H](O)C(O)C1O)OC(=O)CCCCC/C=C/C/C=C/C/C=C/C/C=C/CCC. The molecule has 1 aliphatic heterocycles. The first-order valence-corrected chi connectivity index (χ1v) is 22.3. The van der Waals surface area contributed by atoms with Crippen LogP contribution in [0.15, 0.2) is 61.3 Å². The Morgan fingerprint density at radius 1 is 0.596 bits per heavy atom. The summed E-state index contributed by atoms with van der Waals surface area (Å²) in [7, 11) is 0. The highest BCUT2D eigenvalue weighted by Gasteiger charge is 2.44. The van der Waals surface area contributed by atoms with E-state index in [1.165, 1.54) is 64.2 Å². The first-order valence-electron chi connectivity index (χ1n) is 22.3. The fourth-order valence-corrected chi connectivity index (χ4v) is 6.45. The molecule has 0 spiro atoms. The van der Waals surface area contributed by atoms with Crippen LogP contribution in [0, 0.1) is 0 Å². The number of carbonyl (C=O) groups is 2. The Bertz CT molecular complexity index is 1100. The zero-order chi connectivity index (χ0) is 41.6. The molecule has 6 atom stereocenters. The molecule has 1 saturated heterocycles. The summed E-state index contributed by atoms with van der Waals surface area (Å²) in [4.78, 5) is 25.3. The van der Waals surface area contributed by atoms with Crippen molar-refractivity contribution < 1.29 is 49.0 Å². The monoisotopic (exact) mass is 805 g/mol. The summed E-state index contributed by atoms with van der Waals surface area (Å²) in [5.74, 6) is -0.848. The molecule has 1 fully saturated rings. The molecule has 0 saturated carbocycles. The molecule has 10 heteroatoms. The molecule has 0 aliphatic carbocycles. The van der Waals surface area contributed by atoms with Gasteiger partial charge in [-0.2, -0.15) is 0 Å². The summed E-state index contributed by atoms with van der Waals surface area (Å²) in [5.41, 5.74) is 0. The molecule has 0 aromatic carbocycles. The third kappa shape index (κ3) is 29.3. The Hall–Kier alpha value is -2.60. The molecule has 328 valence electrons. The Kier molecular flexibility index (Phi) is 34.6. The van der Waals surface area contributed by atoms with Crippen molar-refractivity contribution in [3.8, 4) is 0 Å². The Morgan fingerprint density at radius 3 is 1.61 bits per heavy atom. The predicted octanol–water partition coefficient (Wildman–Crippen LogP) is 9.44. The van der Waals surface area contributed by atoms with E-state index < -0.39 is 49.4 Å². The Labute approximate surface area is 345 Å². The van der Waals surface area contributed by atoms with Crippen molar-refractivity contribution in [3.63, 3.8) is 0 Å². The van der Waals surface area contributed by atoms with E-state index >= 15 is 0 Å². The van der Waals surface area contributed by atoms with Crippen LogP contribution in [0.3, 0.4) is 0 Å². The lowest BCUT2D eigenvalue weighted by molar-refractivity contribution is -0.305. The highest BCUT2D eigenvalue weighted by atomic mass is 16.7. The van der Waals surface area contributed by atoms with Gasteiger partial charge in [-0.25, -0.2) is 0 Å². The van der Waals surface area contributed by atoms with Gasteiger partial charge in [0.15, 0.2) is 12.4 Å². The molecule has 1 aliphatic rings. The number of allylic oxidation sites excluding steroid dienone is 9. The second kappa shape index (κ2) is 37.7. The van der Waals surface area contributed by atoms with E-state index in [1.807, 2.05) is 6.08 Å². The Morgan fingerprint density at radius 2 is 1.07 bits per heavy atom. The van der Waals surface area contributed by atoms with E-state index in [1.54, 1.807) is 0 Å². The van der Waals surface area contributed by atoms with E-state index in [0.717, 1.165) is 77.0 Å². The van der Waals surface area contributed by atoms with Crippen LogP contribution in [0.2, 0.25) is 0 Å². The number of ether oxygens (including phenoxy) is 4. The third-order valence-corrected chi connectivity index (χ3v) is 10.0. The molecule has 4 N–H and O–H groups in total. The van der Waals surface area contributed by atoms with Crippen LogP contribution in [0.25, 0.3) is 0 Å². The van der Waals surface area contributed by atoms with Crippen LogP contribution in [-0.4, -0.2) is 89.0 Å². The summed E-state index contributed by atoms with van der Waals surface area (Å²) in [6.07, 6.45) is 36.9. The number of hydrogen-bond donors (Lipinski definition) is 4. The van der Waals surface area contributed by atoms with Crippen LogP contribution in [0.1, 0.15) is 167 Å². The molecule has 57 heavy (non-hydrogen) atoms. The van der Waals surface area contributed by atoms with Gasteiger partial charge < -0.3 is 39.4 Å². The lowest BCUT2D eigenvalue weighted by Gasteiger charge is -2.39. The van der Waals surface area contributed by atoms with Gasteiger partial charge in [0.05, 0.1) is 13.2 Å². The molecule has 1 rings (SSSR count). The van der Waals surface area contributed by atoms with Gasteiger partial charge in [-0.15, -0.1) is 6.58 Å². The fraction of sp³-hybridized carbons (Fsp3) is 0.745. The highest BCUT2D eigenvalue weighted by Crippen LogP contribution is 2.22. The molecule has 0 aromatic heterocycles. The van der Waals surface area contributed by atoms with Crippen molar-refractivity contribution in [2.45, 2.75) is 204 Å². The summed E-state index contributed by atoms with van der Waals surface area (Å²) in [6, 6.07) is 0. The van der Waals surface area contributed by atoms with E-state index in [9.17, 15) is 30.0 Å². The van der Waals surface area contributed by atoms with Crippen LogP contribution < -0.4 is 0 Å². The zero-order valence-electron chi connectivity index (χ0n) is 35.4. The molecular formula is C47H80O10. The molecule has 1 heterocycles. The van der Waals surface area contributed by atoms with Crippen LogP contribution in [-0.2, 0) is 28.5 Å². The topological polar surface area (TPSA) is 152 Å². The maximum absolute atomic E-state index is 12.8. The van der Waals surface area contributed by atoms with E-state index in [-0.39, 0.29) is 32.0 Å². The van der Waals surface area contributed by atoms with Crippen molar-refractivity contribution >= 4 is 11.9 Å². The van der Waals surface area contributed by atoms with Gasteiger partial charge in [-0.05, 0) is 64.2 Å². The largest absolute Gasteiger partial charge is 0.462 e. The lowest BCUT2D eigenvalue weighted by Crippen LogP contribution is -2.59. The first-order chi connectivity index (χ1) is 27.8. The number of esters is 2. The number of aliphatic hydroxyl groups excluding tert-OH is 4. The van der Waals surface area contributed by atoms with Gasteiger partial charge in [0.25, 0.3) is 0 Å². The van der Waals surface area contributed by atoms with E-state index in [2.05, 4.69) is 62.1 Å². The average molecular weight is 805 g/mol. The van der Waals surface area contributed by atoms with Gasteiger partial charge in [0, 0.05) is 12.8 Å². The van der Waals surface area contributed by atoms with Crippen LogP contribution in [0.4, 0.5) is 0 Å². The number of rotatable bonds is 37. The molecule has 0 amide bonds. The average Bonchev–Trinajstić information content (AvgIpc) is 3.21. The number of hydrogen-bond acceptors (Lipinski definition) is 10. The van der Waals surface area contributed by atoms with Crippen molar-refractivity contribution in [1.29, 1.82) is 0 Å². The minimum atomic E-state index is -1.60. The number of unbranched alkanes of at least 4 members (excludes halogenated alkanes) is 17.